The minimum Gasteiger partial charge on any atom is -0.432 e. The van der Waals surface area contributed by atoms with Crippen molar-refractivity contribution in [2.45, 2.75) is 108 Å². The van der Waals surface area contributed by atoms with Crippen LogP contribution in [0, 0.1) is 47.0 Å². The number of alkyl halides is 4. The molecule has 3 saturated carbocycles. The highest BCUT2D eigenvalue weighted by Crippen LogP contribution is 2.46. The van der Waals surface area contributed by atoms with Crippen LogP contribution < -0.4 is 4.74 Å². The van der Waals surface area contributed by atoms with Crippen molar-refractivity contribution in [2.75, 3.05) is 0 Å². The first-order chi connectivity index (χ1) is 20.3. The van der Waals surface area contributed by atoms with E-state index >= 15 is 8.78 Å². The summed E-state index contributed by atoms with van der Waals surface area (Å²) in [4.78, 5) is 0. The summed E-state index contributed by atoms with van der Waals surface area (Å²) in [6.45, 7) is 3.70. The second kappa shape index (κ2) is 14.3. The third-order valence-electron chi connectivity index (χ3n) is 9.46. The lowest BCUT2D eigenvalue weighted by Crippen LogP contribution is -2.39. The largest absolute Gasteiger partial charge is 0.432 e. The highest BCUT2D eigenvalue weighted by atomic mass is 19.3. The maximum Gasteiger partial charge on any atom is 0.400 e. The molecule has 0 unspecified atom stereocenters. The van der Waals surface area contributed by atoms with Crippen LogP contribution in [0.15, 0.2) is 36.4 Å². The van der Waals surface area contributed by atoms with Crippen molar-refractivity contribution in [3.8, 4) is 5.75 Å². The summed E-state index contributed by atoms with van der Waals surface area (Å²) >= 11 is 0. The van der Waals surface area contributed by atoms with Gasteiger partial charge in [0.25, 0.3) is 0 Å². The van der Waals surface area contributed by atoms with E-state index in [4.69, 9.17) is 4.74 Å². The summed E-state index contributed by atoms with van der Waals surface area (Å²) in [6, 6.07) is 0.626. The molecule has 242 valence electrons. The second-order valence-electron chi connectivity index (χ2n) is 12.3. The number of hydrogen-bond acceptors (Lipinski definition) is 2. The Morgan fingerprint density at radius 2 is 1.19 bits per heavy atom. The molecular weight excluding hydrogens is 587 g/mol. The predicted molar refractivity (Wildman–Crippen MR) is 143 cm³/mol. The van der Waals surface area contributed by atoms with E-state index in [1.54, 1.807) is 0 Å². The Balaban J connectivity index is 1.24. The molecule has 0 aliphatic heterocycles. The summed E-state index contributed by atoms with van der Waals surface area (Å²) in [5.74, 6) is -11.6. The van der Waals surface area contributed by atoms with E-state index in [9.17, 15) is 30.7 Å². The molecule has 1 aromatic rings. The summed E-state index contributed by atoms with van der Waals surface area (Å²) < 4.78 is 139. The molecule has 1 aromatic carbocycles. The van der Waals surface area contributed by atoms with Gasteiger partial charge in [-0.1, -0.05) is 6.08 Å². The molecule has 0 amide bonds. The SMILES string of the molecule is C=CCCC1CCC(C(F)(F)OC2CCC(C(F)=C(F)C3CCC(C(F)(F)Oc4cc(F)c(F)c(F)c4)CC3)CC2)CC1. The van der Waals surface area contributed by atoms with Gasteiger partial charge in [-0.3, -0.25) is 0 Å². The van der Waals surface area contributed by atoms with Gasteiger partial charge in [0.15, 0.2) is 17.5 Å². The van der Waals surface area contributed by atoms with Gasteiger partial charge in [0.1, 0.15) is 17.4 Å². The first kappa shape index (κ1) is 33.7. The molecule has 11 heteroatoms. The number of hydrogen-bond donors (Lipinski definition) is 0. The number of ether oxygens (including phenoxy) is 2. The Morgan fingerprint density at radius 1 is 0.721 bits per heavy atom. The van der Waals surface area contributed by atoms with Crippen LogP contribution >= 0.6 is 0 Å². The summed E-state index contributed by atoms with van der Waals surface area (Å²) in [5, 5.41) is 0. The van der Waals surface area contributed by atoms with E-state index < -0.39 is 76.8 Å². The van der Waals surface area contributed by atoms with E-state index in [1.807, 2.05) is 6.08 Å². The third-order valence-corrected chi connectivity index (χ3v) is 9.46. The zero-order valence-corrected chi connectivity index (χ0v) is 24.0. The van der Waals surface area contributed by atoms with Gasteiger partial charge in [-0.2, -0.15) is 17.6 Å². The van der Waals surface area contributed by atoms with Crippen LogP contribution in [0.25, 0.3) is 0 Å². The number of benzene rings is 1. The van der Waals surface area contributed by atoms with Gasteiger partial charge < -0.3 is 9.47 Å². The monoisotopic (exact) mass is 626 g/mol. The molecule has 0 heterocycles. The van der Waals surface area contributed by atoms with E-state index in [1.165, 1.54) is 0 Å². The van der Waals surface area contributed by atoms with Crippen molar-refractivity contribution in [1.29, 1.82) is 0 Å². The molecule has 3 aliphatic rings. The lowest BCUT2D eigenvalue weighted by molar-refractivity contribution is -0.301. The Labute approximate surface area is 246 Å². The van der Waals surface area contributed by atoms with Crippen LogP contribution in [-0.2, 0) is 4.74 Å². The maximum absolute atomic E-state index is 15.1. The number of halogens is 9. The van der Waals surface area contributed by atoms with Crippen molar-refractivity contribution in [1.82, 2.24) is 0 Å². The minimum atomic E-state index is -3.87. The molecule has 3 fully saturated rings. The van der Waals surface area contributed by atoms with Crippen molar-refractivity contribution in [3.63, 3.8) is 0 Å². The molecule has 2 nitrogen and oxygen atoms in total. The summed E-state index contributed by atoms with van der Waals surface area (Å²) in [6.07, 6.45) is -2.10. The highest BCUT2D eigenvalue weighted by Gasteiger charge is 2.47. The van der Waals surface area contributed by atoms with Crippen molar-refractivity contribution >= 4 is 0 Å². The molecule has 0 saturated heterocycles. The van der Waals surface area contributed by atoms with Gasteiger partial charge in [0.05, 0.1) is 17.9 Å². The molecule has 0 aromatic heterocycles. The van der Waals surface area contributed by atoms with Gasteiger partial charge in [-0.15, -0.1) is 6.58 Å². The molecule has 0 bridgehead atoms. The van der Waals surface area contributed by atoms with E-state index in [2.05, 4.69) is 11.3 Å². The van der Waals surface area contributed by atoms with Gasteiger partial charge in [-0.05, 0) is 95.8 Å². The van der Waals surface area contributed by atoms with Crippen molar-refractivity contribution in [3.05, 3.63) is 53.9 Å². The Morgan fingerprint density at radius 3 is 1.70 bits per heavy atom. The smallest absolute Gasteiger partial charge is 0.400 e. The van der Waals surface area contributed by atoms with Crippen LogP contribution in [0.1, 0.15) is 89.9 Å². The van der Waals surface area contributed by atoms with E-state index in [-0.39, 0.29) is 51.4 Å². The summed E-state index contributed by atoms with van der Waals surface area (Å²) in [7, 11) is 0. The Hall–Kier alpha value is -2.17. The topological polar surface area (TPSA) is 18.5 Å². The fourth-order valence-corrected chi connectivity index (χ4v) is 6.80. The van der Waals surface area contributed by atoms with Gasteiger partial charge in [-0.25, -0.2) is 22.0 Å². The second-order valence-corrected chi connectivity index (χ2v) is 12.3. The number of allylic oxidation sites excluding steroid dienone is 3. The lowest BCUT2D eigenvalue weighted by atomic mass is 9.78. The molecule has 0 N–H and O–H groups in total. The quantitative estimate of drug-likeness (QED) is 0.138. The Bertz CT molecular complexity index is 1090. The fraction of sp³-hybridized carbons (Fsp3) is 0.688. The minimum absolute atomic E-state index is 0.102. The standard InChI is InChI=1S/C32H39F9O2/c1-2-3-4-19-5-11-22(12-6-19)31(38,39)42-24-15-9-21(10-16-24)29(36)28(35)20-7-13-23(14-8-20)32(40,41)43-25-17-26(33)30(37)27(34)18-25/h2,17-24H,1,3-16H2. The maximum atomic E-state index is 15.1. The molecule has 4 rings (SSSR count). The Kier molecular flexibility index (Phi) is 11.2. The van der Waals surface area contributed by atoms with E-state index in [0.717, 1.165) is 25.7 Å². The highest BCUT2D eigenvalue weighted by molar-refractivity contribution is 5.25. The molecule has 0 atom stereocenters. The predicted octanol–water partition coefficient (Wildman–Crippen LogP) is 11.0. The zero-order chi connectivity index (χ0) is 31.4. The van der Waals surface area contributed by atoms with Crippen LogP contribution in [0.5, 0.6) is 5.75 Å². The van der Waals surface area contributed by atoms with Crippen LogP contribution in [0.4, 0.5) is 39.5 Å². The third kappa shape index (κ3) is 8.51. The molecular formula is C32H39F9O2. The lowest BCUT2D eigenvalue weighted by Gasteiger charge is -2.37. The zero-order valence-electron chi connectivity index (χ0n) is 24.0. The fourth-order valence-electron chi connectivity index (χ4n) is 6.80. The van der Waals surface area contributed by atoms with Gasteiger partial charge >= 0.3 is 12.2 Å². The average Bonchev–Trinajstić information content (AvgIpc) is 2.98. The first-order valence-electron chi connectivity index (χ1n) is 15.2. The van der Waals surface area contributed by atoms with Crippen molar-refractivity contribution < 1.29 is 49.0 Å². The molecule has 0 radical (unpaired) electrons. The van der Waals surface area contributed by atoms with Gasteiger partial charge in [0, 0.05) is 24.0 Å². The molecule has 43 heavy (non-hydrogen) atoms. The van der Waals surface area contributed by atoms with Crippen LogP contribution in [0.2, 0.25) is 0 Å². The normalized spacial score (nSPS) is 29.6. The van der Waals surface area contributed by atoms with Crippen molar-refractivity contribution in [2.24, 2.45) is 29.6 Å². The van der Waals surface area contributed by atoms with Crippen LogP contribution in [-0.4, -0.2) is 18.3 Å². The molecule has 0 spiro atoms. The first-order valence-corrected chi connectivity index (χ1v) is 15.2. The van der Waals surface area contributed by atoms with Crippen LogP contribution in [0.3, 0.4) is 0 Å². The molecule has 3 aliphatic carbocycles. The summed E-state index contributed by atoms with van der Waals surface area (Å²) in [5.41, 5.74) is 0. The average molecular weight is 627 g/mol. The van der Waals surface area contributed by atoms with E-state index in [0.29, 0.717) is 30.9 Å². The van der Waals surface area contributed by atoms with Gasteiger partial charge in [0.2, 0.25) is 0 Å². The number of rotatable bonds is 11.